The molecule has 3 aromatic carbocycles. The second kappa shape index (κ2) is 6.77. The predicted molar refractivity (Wildman–Crippen MR) is 139 cm³/mol. The van der Waals surface area contributed by atoms with Gasteiger partial charge in [-0.1, -0.05) is 42.5 Å². The van der Waals surface area contributed by atoms with Crippen molar-refractivity contribution >= 4 is 49.1 Å². The first kappa shape index (κ1) is 18.5. The molecule has 0 unspecified atom stereocenters. The van der Waals surface area contributed by atoms with E-state index >= 15 is 0 Å². The number of aromatic nitrogens is 6. The fourth-order valence-corrected chi connectivity index (χ4v) is 5.41. The van der Waals surface area contributed by atoms with Gasteiger partial charge in [-0.2, -0.15) is 10.2 Å². The Bertz CT molecular complexity index is 2020. The van der Waals surface area contributed by atoms with Gasteiger partial charge in [0.05, 0.1) is 34.6 Å². The van der Waals surface area contributed by atoms with E-state index < -0.39 is 0 Å². The maximum Gasteiger partial charge on any atom is 0.112 e. The number of rotatable bonds is 2. The molecule has 0 amide bonds. The molecule has 0 fully saturated rings. The average molecular weight is 451 g/mol. The summed E-state index contributed by atoms with van der Waals surface area (Å²) in [5.74, 6) is 0. The van der Waals surface area contributed by atoms with Crippen LogP contribution in [0.1, 0.15) is 0 Å². The summed E-state index contributed by atoms with van der Waals surface area (Å²) in [6, 6.07) is 29.8. The van der Waals surface area contributed by atoms with Gasteiger partial charge in [-0.25, -0.2) is 9.20 Å². The predicted octanol–water partition coefficient (Wildman–Crippen LogP) is 6.32. The van der Waals surface area contributed by atoms with Crippen LogP contribution in [0.15, 0.2) is 110 Å². The minimum absolute atomic E-state index is 0.964. The zero-order valence-electron chi connectivity index (χ0n) is 18.6. The lowest BCUT2D eigenvalue weighted by atomic mass is 10.1. The SMILES string of the molecule is c1cc(-n2ncc3c2c2ccncc2c2ccnn23)cc(-n2c3ccccc3c3ccccc32)c1. The highest BCUT2D eigenvalue weighted by molar-refractivity contribution is 6.11. The topological polar surface area (TPSA) is 52.9 Å². The minimum atomic E-state index is 0.964. The number of pyridine rings is 2. The molecule has 0 aliphatic carbocycles. The first-order valence-electron chi connectivity index (χ1n) is 11.5. The van der Waals surface area contributed by atoms with E-state index in [2.05, 4.69) is 93.5 Å². The summed E-state index contributed by atoms with van der Waals surface area (Å²) < 4.78 is 6.28. The molecule has 0 spiro atoms. The standard InChI is InChI=1S/C29H18N6/c1-3-10-25-21(8-1)22-9-2-4-11-26(22)33(25)19-6-5-7-20(16-19)34-29-23-12-14-30-17-24(23)27-13-15-31-35(27)28(29)18-32-34/h1-18H. The van der Waals surface area contributed by atoms with Gasteiger partial charge in [0.25, 0.3) is 0 Å². The Balaban J connectivity index is 1.44. The van der Waals surface area contributed by atoms with Crippen LogP contribution in [-0.4, -0.2) is 28.9 Å². The van der Waals surface area contributed by atoms with Crippen LogP contribution in [0, 0.1) is 0 Å². The van der Waals surface area contributed by atoms with Crippen molar-refractivity contribution in [3.63, 3.8) is 0 Å². The van der Waals surface area contributed by atoms with Crippen molar-refractivity contribution in [2.24, 2.45) is 0 Å². The van der Waals surface area contributed by atoms with Gasteiger partial charge in [0.15, 0.2) is 0 Å². The highest BCUT2D eigenvalue weighted by Crippen LogP contribution is 2.34. The molecule has 0 N–H and O–H groups in total. The Labute approximate surface area is 199 Å². The van der Waals surface area contributed by atoms with E-state index in [9.17, 15) is 0 Å². The highest BCUT2D eigenvalue weighted by atomic mass is 15.3. The van der Waals surface area contributed by atoms with E-state index in [0.29, 0.717) is 0 Å². The molecule has 35 heavy (non-hydrogen) atoms. The third kappa shape index (κ3) is 2.45. The van der Waals surface area contributed by atoms with Crippen molar-refractivity contribution in [2.45, 2.75) is 0 Å². The van der Waals surface area contributed by atoms with E-state index in [4.69, 9.17) is 5.10 Å². The molecule has 8 rings (SSSR count). The first-order valence-corrected chi connectivity index (χ1v) is 11.5. The summed E-state index contributed by atoms with van der Waals surface area (Å²) in [5.41, 5.74) is 7.46. The largest absolute Gasteiger partial charge is 0.309 e. The molecule has 0 aliphatic heterocycles. The molecule has 6 heteroatoms. The van der Waals surface area contributed by atoms with Gasteiger partial charge in [0.2, 0.25) is 0 Å². The van der Waals surface area contributed by atoms with Crippen molar-refractivity contribution in [1.82, 2.24) is 28.9 Å². The first-order chi connectivity index (χ1) is 17.4. The fraction of sp³-hybridized carbons (Fsp3) is 0. The lowest BCUT2D eigenvalue weighted by Crippen LogP contribution is -2.01. The van der Waals surface area contributed by atoms with E-state index in [1.165, 1.54) is 21.8 Å². The summed E-state index contributed by atoms with van der Waals surface area (Å²) in [4.78, 5) is 4.37. The van der Waals surface area contributed by atoms with Crippen LogP contribution in [0.3, 0.4) is 0 Å². The van der Waals surface area contributed by atoms with Crippen LogP contribution in [-0.2, 0) is 0 Å². The van der Waals surface area contributed by atoms with Crippen LogP contribution < -0.4 is 0 Å². The van der Waals surface area contributed by atoms with Gasteiger partial charge in [0.1, 0.15) is 11.0 Å². The third-order valence-corrected chi connectivity index (χ3v) is 6.89. The van der Waals surface area contributed by atoms with Gasteiger partial charge in [-0.05, 0) is 42.5 Å². The van der Waals surface area contributed by atoms with Crippen molar-refractivity contribution < 1.29 is 0 Å². The van der Waals surface area contributed by atoms with Crippen molar-refractivity contribution in [1.29, 1.82) is 0 Å². The molecule has 0 atom stereocenters. The van der Waals surface area contributed by atoms with Gasteiger partial charge in [0, 0.05) is 39.6 Å². The molecule has 5 heterocycles. The molecule has 0 saturated heterocycles. The number of hydrogen-bond acceptors (Lipinski definition) is 3. The van der Waals surface area contributed by atoms with Crippen molar-refractivity contribution in [3.05, 3.63) is 110 Å². The van der Waals surface area contributed by atoms with Crippen LogP contribution in [0.4, 0.5) is 0 Å². The van der Waals surface area contributed by atoms with Gasteiger partial charge in [-0.3, -0.25) is 4.98 Å². The third-order valence-electron chi connectivity index (χ3n) is 6.89. The molecule has 6 nitrogen and oxygen atoms in total. The second-order valence-electron chi connectivity index (χ2n) is 8.73. The van der Waals surface area contributed by atoms with Gasteiger partial charge < -0.3 is 4.57 Å². The van der Waals surface area contributed by atoms with Crippen LogP contribution in [0.2, 0.25) is 0 Å². The van der Waals surface area contributed by atoms with Crippen molar-refractivity contribution in [2.75, 3.05) is 0 Å². The lowest BCUT2D eigenvalue weighted by Gasteiger charge is -2.12. The Morgan fingerprint density at radius 2 is 1.29 bits per heavy atom. The maximum absolute atomic E-state index is 4.82. The second-order valence-corrected chi connectivity index (χ2v) is 8.73. The maximum atomic E-state index is 4.82. The van der Waals surface area contributed by atoms with Crippen LogP contribution in [0.25, 0.3) is 60.5 Å². The normalized spacial score (nSPS) is 12.0. The van der Waals surface area contributed by atoms with E-state index in [0.717, 1.165) is 38.7 Å². The van der Waals surface area contributed by atoms with E-state index in [1.54, 1.807) is 0 Å². The number of benzene rings is 3. The highest BCUT2D eigenvalue weighted by Gasteiger charge is 2.16. The molecular formula is C29H18N6. The zero-order valence-corrected chi connectivity index (χ0v) is 18.6. The van der Waals surface area contributed by atoms with Crippen LogP contribution in [0.5, 0.6) is 0 Å². The molecule has 0 aliphatic rings. The minimum Gasteiger partial charge on any atom is -0.309 e. The average Bonchev–Trinajstić information content (AvgIpc) is 3.64. The number of fused-ring (bicyclic) bond motifs is 9. The Morgan fingerprint density at radius 1 is 0.514 bits per heavy atom. The molecule has 0 radical (unpaired) electrons. The zero-order chi connectivity index (χ0) is 22.9. The number of nitrogens with zero attached hydrogens (tertiary/aromatic N) is 6. The van der Waals surface area contributed by atoms with Gasteiger partial charge >= 0.3 is 0 Å². The van der Waals surface area contributed by atoms with Gasteiger partial charge in [-0.15, -0.1) is 0 Å². The summed E-state index contributed by atoms with van der Waals surface area (Å²) >= 11 is 0. The molecule has 0 saturated carbocycles. The molecule has 8 aromatic rings. The van der Waals surface area contributed by atoms with E-state index in [1.807, 2.05) is 40.1 Å². The van der Waals surface area contributed by atoms with E-state index in [-0.39, 0.29) is 0 Å². The quantitative estimate of drug-likeness (QED) is 0.310. The number of hydrogen-bond donors (Lipinski definition) is 0. The Kier molecular flexibility index (Phi) is 3.57. The summed E-state index contributed by atoms with van der Waals surface area (Å²) in [7, 11) is 0. The fourth-order valence-electron chi connectivity index (χ4n) is 5.41. The molecule has 5 aromatic heterocycles. The lowest BCUT2D eigenvalue weighted by molar-refractivity contribution is 0.911. The molecular weight excluding hydrogens is 432 g/mol. The monoisotopic (exact) mass is 450 g/mol. The summed E-state index contributed by atoms with van der Waals surface area (Å²) in [6.07, 6.45) is 7.45. The summed E-state index contributed by atoms with van der Waals surface area (Å²) in [6.45, 7) is 0. The Hall–Kier alpha value is -4.97. The molecule has 0 bridgehead atoms. The molecule has 164 valence electrons. The Morgan fingerprint density at radius 3 is 2.11 bits per heavy atom. The summed E-state index contributed by atoms with van der Waals surface area (Å²) in [5, 5.41) is 14.0. The van der Waals surface area contributed by atoms with Crippen molar-refractivity contribution in [3.8, 4) is 11.4 Å². The van der Waals surface area contributed by atoms with Crippen LogP contribution >= 0.6 is 0 Å². The smallest absolute Gasteiger partial charge is 0.112 e. The number of para-hydroxylation sites is 2.